The van der Waals surface area contributed by atoms with Gasteiger partial charge in [-0.05, 0) is 18.4 Å². The molecular weight excluding hydrogens is 174 g/mol. The summed E-state index contributed by atoms with van der Waals surface area (Å²) in [5.41, 5.74) is 1.38. The topological polar surface area (TPSA) is 29.1 Å². The molecule has 0 unspecified atom stereocenters. The first-order valence-electron chi connectivity index (χ1n) is 5.20. The van der Waals surface area contributed by atoms with Crippen molar-refractivity contribution in [3.63, 3.8) is 0 Å². The number of carbonyl (C=O) groups is 1. The van der Waals surface area contributed by atoms with Crippen LogP contribution >= 0.6 is 0 Å². The van der Waals surface area contributed by atoms with Crippen molar-refractivity contribution in [1.82, 2.24) is 5.32 Å². The van der Waals surface area contributed by atoms with Gasteiger partial charge in [0, 0.05) is 17.9 Å². The largest absolute Gasteiger partial charge is 0.352 e. The van der Waals surface area contributed by atoms with Crippen molar-refractivity contribution in [2.75, 3.05) is 0 Å². The average molecular weight is 187 g/mol. The van der Waals surface area contributed by atoms with Crippen LogP contribution in [0.4, 0.5) is 0 Å². The maximum Gasteiger partial charge on any atom is 0.223 e. The Hall–Kier alpha value is -1.31. The van der Waals surface area contributed by atoms with E-state index in [0.717, 1.165) is 12.8 Å². The van der Waals surface area contributed by atoms with E-state index in [1.165, 1.54) is 5.56 Å². The van der Waals surface area contributed by atoms with Gasteiger partial charge in [-0.15, -0.1) is 0 Å². The number of hydrogen-bond acceptors (Lipinski definition) is 1. The molecular formula is C12H13NO. The molecule has 2 bridgehead atoms. The summed E-state index contributed by atoms with van der Waals surface area (Å²) in [4.78, 5) is 11.3. The molecule has 3 atom stereocenters. The second-order valence-corrected chi connectivity index (χ2v) is 4.30. The lowest BCUT2D eigenvalue weighted by atomic mass is 9.91. The lowest BCUT2D eigenvalue weighted by Gasteiger charge is -2.22. The zero-order valence-corrected chi connectivity index (χ0v) is 7.94. The summed E-state index contributed by atoms with van der Waals surface area (Å²) in [5.74, 6) is 1.10. The molecule has 1 saturated carbocycles. The van der Waals surface area contributed by atoms with Gasteiger partial charge in [0.1, 0.15) is 0 Å². The number of benzene rings is 1. The van der Waals surface area contributed by atoms with Gasteiger partial charge < -0.3 is 5.32 Å². The van der Waals surface area contributed by atoms with Gasteiger partial charge in [0.15, 0.2) is 0 Å². The van der Waals surface area contributed by atoms with E-state index in [2.05, 4.69) is 29.6 Å². The number of rotatable bonds is 1. The van der Waals surface area contributed by atoms with Crippen LogP contribution in [-0.2, 0) is 4.79 Å². The predicted octanol–water partition coefficient (Wildman–Crippen LogP) is 1.68. The van der Waals surface area contributed by atoms with Crippen LogP contribution in [0.1, 0.15) is 24.3 Å². The monoisotopic (exact) mass is 187 g/mol. The van der Waals surface area contributed by atoms with E-state index in [1.807, 2.05) is 6.07 Å². The summed E-state index contributed by atoms with van der Waals surface area (Å²) in [6, 6.07) is 10.9. The third kappa shape index (κ3) is 1.07. The van der Waals surface area contributed by atoms with Crippen molar-refractivity contribution in [3.8, 4) is 0 Å². The SMILES string of the molecule is O=C1N[C@@H]2C[C@H]1C[C@H]2c1ccccc1. The molecule has 0 radical (unpaired) electrons. The number of nitrogens with one attached hydrogen (secondary N) is 1. The van der Waals surface area contributed by atoms with Gasteiger partial charge in [-0.2, -0.15) is 0 Å². The fourth-order valence-corrected chi connectivity index (χ4v) is 2.78. The molecule has 72 valence electrons. The van der Waals surface area contributed by atoms with Crippen LogP contribution in [0.5, 0.6) is 0 Å². The minimum absolute atomic E-state index is 0.266. The molecule has 0 aromatic heterocycles. The summed E-state index contributed by atoms with van der Waals surface area (Å²) in [6.45, 7) is 0. The lowest BCUT2D eigenvalue weighted by molar-refractivity contribution is -0.123. The fraction of sp³-hybridized carbons (Fsp3) is 0.417. The molecule has 1 aliphatic carbocycles. The highest BCUT2D eigenvalue weighted by Gasteiger charge is 2.45. The van der Waals surface area contributed by atoms with Crippen LogP contribution in [0.25, 0.3) is 0 Å². The second kappa shape index (κ2) is 2.84. The van der Waals surface area contributed by atoms with Crippen LogP contribution in [-0.4, -0.2) is 11.9 Å². The molecule has 0 spiro atoms. The average Bonchev–Trinajstić information content (AvgIpc) is 2.77. The Kier molecular flexibility index (Phi) is 1.63. The zero-order valence-electron chi connectivity index (χ0n) is 7.94. The third-order valence-corrected chi connectivity index (χ3v) is 3.49. The maximum atomic E-state index is 11.3. The van der Waals surface area contributed by atoms with E-state index < -0.39 is 0 Å². The normalized spacial score (nSPS) is 34.6. The summed E-state index contributed by atoms with van der Waals surface area (Å²) < 4.78 is 0. The predicted molar refractivity (Wildman–Crippen MR) is 53.8 cm³/mol. The van der Waals surface area contributed by atoms with Crippen molar-refractivity contribution < 1.29 is 4.79 Å². The minimum Gasteiger partial charge on any atom is -0.352 e. The van der Waals surface area contributed by atoms with Gasteiger partial charge in [0.25, 0.3) is 0 Å². The van der Waals surface area contributed by atoms with E-state index in [4.69, 9.17) is 0 Å². The fourth-order valence-electron chi connectivity index (χ4n) is 2.78. The molecule has 1 heterocycles. The van der Waals surface area contributed by atoms with Crippen LogP contribution in [0, 0.1) is 5.92 Å². The molecule has 2 nitrogen and oxygen atoms in total. The Morgan fingerprint density at radius 3 is 2.50 bits per heavy atom. The summed E-state index contributed by atoms with van der Waals surface area (Å²) >= 11 is 0. The van der Waals surface area contributed by atoms with Crippen molar-refractivity contribution in [1.29, 1.82) is 0 Å². The van der Waals surface area contributed by atoms with Gasteiger partial charge in [-0.25, -0.2) is 0 Å². The third-order valence-electron chi connectivity index (χ3n) is 3.49. The van der Waals surface area contributed by atoms with Crippen molar-refractivity contribution >= 4 is 5.91 Å². The molecule has 14 heavy (non-hydrogen) atoms. The van der Waals surface area contributed by atoms with Crippen molar-refractivity contribution in [3.05, 3.63) is 35.9 Å². The number of piperidine rings is 1. The number of hydrogen-bond donors (Lipinski definition) is 1. The number of amides is 1. The summed E-state index contributed by atoms with van der Waals surface area (Å²) in [5, 5.41) is 3.06. The standard InChI is InChI=1S/C12H13NO/c14-12-9-6-10(11(7-9)13-12)8-4-2-1-3-5-8/h1-5,9-11H,6-7H2,(H,13,14)/t9-,10+,11-/m1/s1. The van der Waals surface area contributed by atoms with E-state index in [1.54, 1.807) is 0 Å². The van der Waals surface area contributed by atoms with Gasteiger partial charge in [-0.1, -0.05) is 30.3 Å². The molecule has 1 aliphatic heterocycles. The molecule has 3 rings (SSSR count). The minimum atomic E-state index is 0.266. The lowest BCUT2D eigenvalue weighted by Crippen LogP contribution is -2.35. The van der Waals surface area contributed by atoms with E-state index in [9.17, 15) is 4.79 Å². The first-order chi connectivity index (χ1) is 6.84. The van der Waals surface area contributed by atoms with Crippen molar-refractivity contribution in [2.24, 2.45) is 5.92 Å². The Balaban J connectivity index is 1.87. The van der Waals surface area contributed by atoms with Crippen LogP contribution in [0.15, 0.2) is 30.3 Å². The maximum absolute atomic E-state index is 11.3. The van der Waals surface area contributed by atoms with E-state index in [0.29, 0.717) is 12.0 Å². The first-order valence-corrected chi connectivity index (χ1v) is 5.20. The van der Waals surface area contributed by atoms with E-state index >= 15 is 0 Å². The highest BCUT2D eigenvalue weighted by molar-refractivity contribution is 5.83. The highest BCUT2D eigenvalue weighted by Crippen LogP contribution is 2.42. The zero-order chi connectivity index (χ0) is 9.54. The Morgan fingerprint density at radius 2 is 1.93 bits per heavy atom. The molecule has 1 aromatic carbocycles. The smallest absolute Gasteiger partial charge is 0.223 e. The van der Waals surface area contributed by atoms with Gasteiger partial charge >= 0.3 is 0 Å². The Morgan fingerprint density at radius 1 is 1.14 bits per heavy atom. The van der Waals surface area contributed by atoms with E-state index in [-0.39, 0.29) is 11.8 Å². The number of fused-ring (bicyclic) bond motifs is 2. The van der Waals surface area contributed by atoms with Gasteiger partial charge in [-0.3, -0.25) is 4.79 Å². The molecule has 2 fully saturated rings. The summed E-state index contributed by atoms with van der Waals surface area (Å²) in [7, 11) is 0. The quantitative estimate of drug-likeness (QED) is 0.712. The Bertz CT molecular complexity index is 360. The second-order valence-electron chi connectivity index (χ2n) is 4.30. The van der Waals surface area contributed by atoms with Crippen molar-refractivity contribution in [2.45, 2.75) is 24.8 Å². The molecule has 1 N–H and O–H groups in total. The van der Waals surface area contributed by atoms with Crippen LogP contribution in [0.3, 0.4) is 0 Å². The molecule has 1 amide bonds. The molecule has 1 saturated heterocycles. The first kappa shape index (κ1) is 8.04. The Labute approximate surface area is 83.3 Å². The molecule has 2 aliphatic rings. The van der Waals surface area contributed by atoms with Crippen LogP contribution in [0.2, 0.25) is 0 Å². The van der Waals surface area contributed by atoms with Gasteiger partial charge in [0.05, 0.1) is 0 Å². The van der Waals surface area contributed by atoms with Crippen LogP contribution < -0.4 is 5.32 Å². The summed E-state index contributed by atoms with van der Waals surface area (Å²) in [6.07, 6.45) is 2.08. The molecule has 2 heteroatoms. The van der Waals surface area contributed by atoms with Gasteiger partial charge in [0.2, 0.25) is 5.91 Å². The molecule has 1 aromatic rings. The number of carbonyl (C=O) groups excluding carboxylic acids is 1. The highest BCUT2D eigenvalue weighted by atomic mass is 16.2.